The molecule has 0 saturated carbocycles. The first-order chi connectivity index (χ1) is 8.06. The van der Waals surface area contributed by atoms with Gasteiger partial charge >= 0.3 is 0 Å². The zero-order chi connectivity index (χ0) is 12.8. The second-order valence-electron chi connectivity index (χ2n) is 4.41. The van der Waals surface area contributed by atoms with Crippen LogP contribution in [0.4, 0.5) is 0 Å². The predicted octanol–water partition coefficient (Wildman–Crippen LogP) is -0.209. The van der Waals surface area contributed by atoms with E-state index in [0.717, 1.165) is 18.6 Å². The lowest BCUT2D eigenvalue weighted by Gasteiger charge is -2.32. The van der Waals surface area contributed by atoms with Gasteiger partial charge in [-0.1, -0.05) is 0 Å². The van der Waals surface area contributed by atoms with Crippen molar-refractivity contribution in [3.05, 3.63) is 0 Å². The fourth-order valence-corrected chi connectivity index (χ4v) is 2.50. The summed E-state index contributed by atoms with van der Waals surface area (Å²) in [5.41, 5.74) is 11.1. The molecule has 2 amide bonds. The number of nitrogens with two attached hydrogens (primary N) is 2. The number of amides is 2. The van der Waals surface area contributed by atoms with Crippen LogP contribution in [0.25, 0.3) is 0 Å². The van der Waals surface area contributed by atoms with Gasteiger partial charge in [-0.2, -0.15) is 11.8 Å². The Morgan fingerprint density at radius 2 is 2.24 bits per heavy atom. The summed E-state index contributed by atoms with van der Waals surface area (Å²) < 4.78 is 0. The Balaban J connectivity index is 2.48. The average Bonchev–Trinajstić information content (AvgIpc) is 2.35. The minimum atomic E-state index is -0.450. The molecule has 6 heteroatoms. The largest absolute Gasteiger partial charge is 0.369 e. The molecule has 0 aromatic rings. The minimum Gasteiger partial charge on any atom is -0.369 e. The van der Waals surface area contributed by atoms with Crippen LogP contribution in [0.1, 0.15) is 19.3 Å². The van der Waals surface area contributed by atoms with Crippen molar-refractivity contribution in [2.24, 2.45) is 17.4 Å². The van der Waals surface area contributed by atoms with Crippen LogP contribution in [0.2, 0.25) is 0 Å². The third-order valence-electron chi connectivity index (χ3n) is 3.09. The van der Waals surface area contributed by atoms with E-state index >= 15 is 0 Å². The number of rotatable bonds is 5. The van der Waals surface area contributed by atoms with E-state index in [9.17, 15) is 9.59 Å². The van der Waals surface area contributed by atoms with Crippen LogP contribution in [-0.4, -0.2) is 47.9 Å². The van der Waals surface area contributed by atoms with E-state index in [-0.39, 0.29) is 17.7 Å². The molecule has 1 heterocycles. The fraction of sp³-hybridized carbons (Fsp3) is 0.818. The first-order valence-corrected chi connectivity index (χ1v) is 7.28. The van der Waals surface area contributed by atoms with Crippen molar-refractivity contribution >= 4 is 23.6 Å². The number of nitrogens with zero attached hydrogens (tertiary/aromatic N) is 1. The lowest BCUT2D eigenvalue weighted by molar-refractivity contribution is -0.136. The minimum absolute atomic E-state index is 0.0509. The summed E-state index contributed by atoms with van der Waals surface area (Å²) in [6.07, 6.45) is 4.27. The summed E-state index contributed by atoms with van der Waals surface area (Å²) in [7, 11) is 0. The van der Waals surface area contributed by atoms with Crippen molar-refractivity contribution in [2.75, 3.05) is 25.1 Å². The molecule has 1 aliphatic rings. The summed E-state index contributed by atoms with van der Waals surface area (Å²) in [6.45, 7) is 1.12. The molecule has 0 radical (unpaired) electrons. The number of carbonyl (C=O) groups is 2. The number of hydrogen-bond acceptors (Lipinski definition) is 4. The van der Waals surface area contributed by atoms with Crippen LogP contribution < -0.4 is 11.5 Å². The molecular formula is C11H21N3O2S. The third kappa shape index (κ3) is 4.20. The highest BCUT2D eigenvalue weighted by molar-refractivity contribution is 7.98. The van der Waals surface area contributed by atoms with Crippen LogP contribution >= 0.6 is 11.8 Å². The molecular weight excluding hydrogens is 238 g/mol. The van der Waals surface area contributed by atoms with Crippen molar-refractivity contribution in [3.63, 3.8) is 0 Å². The number of carbonyl (C=O) groups excluding carboxylic acids is 2. The van der Waals surface area contributed by atoms with Crippen molar-refractivity contribution in [1.29, 1.82) is 0 Å². The molecule has 1 aliphatic heterocycles. The van der Waals surface area contributed by atoms with Crippen molar-refractivity contribution in [1.82, 2.24) is 4.90 Å². The first-order valence-electron chi connectivity index (χ1n) is 5.89. The summed E-state index contributed by atoms with van der Waals surface area (Å²) in [4.78, 5) is 24.8. The molecule has 1 saturated heterocycles. The van der Waals surface area contributed by atoms with Gasteiger partial charge in [-0.15, -0.1) is 0 Å². The van der Waals surface area contributed by atoms with Gasteiger partial charge in [0.2, 0.25) is 11.8 Å². The third-order valence-corrected chi connectivity index (χ3v) is 3.73. The standard InChI is InChI=1S/C11H21N3O2S/c1-17-6-4-9(12)11(16)14-5-2-3-8(7-14)10(13)15/h8-9H,2-7,12H2,1H3,(H2,13,15)/t8?,9-/m0/s1. The molecule has 0 aromatic heterocycles. The molecule has 0 aromatic carbocycles. The Bertz CT molecular complexity index is 286. The quantitative estimate of drug-likeness (QED) is 0.715. The molecule has 98 valence electrons. The summed E-state index contributed by atoms with van der Waals surface area (Å²) in [5.74, 6) is 0.297. The average molecular weight is 259 g/mol. The molecule has 1 fully saturated rings. The number of piperidine rings is 1. The highest BCUT2D eigenvalue weighted by atomic mass is 32.2. The monoisotopic (exact) mass is 259 g/mol. The second-order valence-corrected chi connectivity index (χ2v) is 5.40. The molecule has 1 unspecified atom stereocenters. The van der Waals surface area contributed by atoms with Crippen molar-refractivity contribution in [2.45, 2.75) is 25.3 Å². The van der Waals surface area contributed by atoms with Crippen LogP contribution in [0.3, 0.4) is 0 Å². The Morgan fingerprint density at radius 3 is 2.82 bits per heavy atom. The molecule has 0 spiro atoms. The van der Waals surface area contributed by atoms with E-state index in [2.05, 4.69) is 0 Å². The number of hydrogen-bond donors (Lipinski definition) is 2. The smallest absolute Gasteiger partial charge is 0.239 e. The normalized spacial score (nSPS) is 22.2. The number of primary amides is 1. The van der Waals surface area contributed by atoms with E-state index in [1.54, 1.807) is 16.7 Å². The second kappa shape index (κ2) is 6.86. The van der Waals surface area contributed by atoms with Gasteiger partial charge in [-0.3, -0.25) is 9.59 Å². The topological polar surface area (TPSA) is 89.4 Å². The van der Waals surface area contributed by atoms with Gasteiger partial charge in [0.15, 0.2) is 0 Å². The zero-order valence-electron chi connectivity index (χ0n) is 10.2. The van der Waals surface area contributed by atoms with E-state index in [0.29, 0.717) is 19.5 Å². The molecule has 0 aliphatic carbocycles. The maximum absolute atomic E-state index is 12.0. The van der Waals surface area contributed by atoms with Gasteiger partial charge in [0.1, 0.15) is 0 Å². The van der Waals surface area contributed by atoms with Gasteiger partial charge < -0.3 is 16.4 Å². The zero-order valence-corrected chi connectivity index (χ0v) is 11.0. The lowest BCUT2D eigenvalue weighted by Crippen LogP contribution is -2.50. The molecule has 5 nitrogen and oxygen atoms in total. The van der Waals surface area contributed by atoms with E-state index in [1.165, 1.54) is 0 Å². The molecule has 0 bridgehead atoms. The SMILES string of the molecule is CSCC[C@H](N)C(=O)N1CCCC(C(N)=O)C1. The maximum atomic E-state index is 12.0. The van der Waals surface area contributed by atoms with Crippen molar-refractivity contribution in [3.8, 4) is 0 Å². The van der Waals surface area contributed by atoms with Gasteiger partial charge in [-0.25, -0.2) is 0 Å². The highest BCUT2D eigenvalue weighted by Gasteiger charge is 2.29. The number of thioether (sulfide) groups is 1. The van der Waals surface area contributed by atoms with Crippen LogP contribution in [0, 0.1) is 5.92 Å². The van der Waals surface area contributed by atoms with Crippen molar-refractivity contribution < 1.29 is 9.59 Å². The van der Waals surface area contributed by atoms with Crippen LogP contribution in [-0.2, 0) is 9.59 Å². The highest BCUT2D eigenvalue weighted by Crippen LogP contribution is 2.17. The van der Waals surface area contributed by atoms with Crippen LogP contribution in [0.15, 0.2) is 0 Å². The Kier molecular flexibility index (Phi) is 5.77. The Hall–Kier alpha value is -0.750. The van der Waals surface area contributed by atoms with Gasteiger partial charge in [0, 0.05) is 13.1 Å². The number of likely N-dealkylation sites (tertiary alicyclic amines) is 1. The molecule has 17 heavy (non-hydrogen) atoms. The fourth-order valence-electron chi connectivity index (χ4n) is 2.01. The summed E-state index contributed by atoms with van der Waals surface area (Å²) in [5, 5.41) is 0. The molecule has 4 N–H and O–H groups in total. The van der Waals surface area contributed by atoms with Gasteiger partial charge in [-0.05, 0) is 31.3 Å². The molecule has 1 rings (SSSR count). The maximum Gasteiger partial charge on any atom is 0.239 e. The van der Waals surface area contributed by atoms with E-state index in [4.69, 9.17) is 11.5 Å². The first kappa shape index (κ1) is 14.3. The van der Waals surface area contributed by atoms with Crippen LogP contribution in [0.5, 0.6) is 0 Å². The Labute approximate surface area is 106 Å². The van der Waals surface area contributed by atoms with E-state index < -0.39 is 6.04 Å². The molecule has 2 atom stereocenters. The van der Waals surface area contributed by atoms with E-state index in [1.807, 2.05) is 6.26 Å². The summed E-state index contributed by atoms with van der Waals surface area (Å²) in [6, 6.07) is -0.450. The lowest BCUT2D eigenvalue weighted by atomic mass is 9.97. The van der Waals surface area contributed by atoms with Gasteiger partial charge in [0.25, 0.3) is 0 Å². The predicted molar refractivity (Wildman–Crippen MR) is 69.5 cm³/mol. The Morgan fingerprint density at radius 1 is 1.53 bits per heavy atom. The summed E-state index contributed by atoms with van der Waals surface area (Å²) >= 11 is 1.67. The van der Waals surface area contributed by atoms with Gasteiger partial charge in [0.05, 0.1) is 12.0 Å².